The maximum atomic E-state index is 12.2. The molecule has 3 N–H and O–H groups in total. The quantitative estimate of drug-likeness (QED) is 0.700. The average molecular weight is 351 g/mol. The van der Waals surface area contributed by atoms with Crippen LogP contribution in [0.3, 0.4) is 0 Å². The number of urea groups is 1. The molecule has 0 radical (unpaired) electrons. The van der Waals surface area contributed by atoms with Gasteiger partial charge in [0.05, 0.1) is 0 Å². The molecule has 3 rings (SSSR count). The maximum absolute atomic E-state index is 12.2. The molecule has 1 unspecified atom stereocenters. The highest BCUT2D eigenvalue weighted by atomic mass is 16.2. The molecular weight excluding hydrogens is 326 g/mol. The number of amides is 3. The summed E-state index contributed by atoms with van der Waals surface area (Å²) in [5.74, 6) is 0.210. The highest BCUT2D eigenvalue weighted by Crippen LogP contribution is 2.30. The lowest BCUT2D eigenvalue weighted by molar-refractivity contribution is -0.117. The van der Waals surface area contributed by atoms with Crippen molar-refractivity contribution in [2.45, 2.75) is 38.6 Å². The minimum atomic E-state index is -0.240. The number of hydrogen-bond donors (Lipinski definition) is 3. The van der Waals surface area contributed by atoms with E-state index in [1.54, 1.807) is 12.1 Å². The number of nitrogens with one attached hydrogen (secondary N) is 3. The summed E-state index contributed by atoms with van der Waals surface area (Å²) in [6.45, 7) is 1.99. The zero-order chi connectivity index (χ0) is 18.4. The first-order chi connectivity index (χ1) is 12.6. The molecular formula is C21H25N3O2. The largest absolute Gasteiger partial charge is 0.335 e. The first-order valence-electron chi connectivity index (χ1n) is 9.12. The Balaban J connectivity index is 1.45. The zero-order valence-electron chi connectivity index (χ0n) is 15.0. The standard InChI is InChI=1S/C21H25N3O2/c1-15(10-11-16-6-3-2-4-7-16)22-21(26)24-19-9-5-8-18(14-19)23-20(25)17-12-13-17/h2-9,14-15,17H,10-13H2,1H3,(H,23,25)(H2,22,24,26). The van der Waals surface area contributed by atoms with E-state index >= 15 is 0 Å². The number of carbonyl (C=O) groups is 2. The number of aryl methyl sites for hydroxylation is 1. The predicted molar refractivity (Wildman–Crippen MR) is 104 cm³/mol. The summed E-state index contributed by atoms with van der Waals surface area (Å²) < 4.78 is 0. The highest BCUT2D eigenvalue weighted by Gasteiger charge is 2.29. The first kappa shape index (κ1) is 18.0. The van der Waals surface area contributed by atoms with Gasteiger partial charge in [0.25, 0.3) is 0 Å². The minimum absolute atomic E-state index is 0.0566. The molecule has 0 bridgehead atoms. The van der Waals surface area contributed by atoms with Gasteiger partial charge in [-0.15, -0.1) is 0 Å². The molecule has 3 amide bonds. The first-order valence-corrected chi connectivity index (χ1v) is 9.12. The van der Waals surface area contributed by atoms with Crippen LogP contribution in [0.5, 0.6) is 0 Å². The van der Waals surface area contributed by atoms with E-state index in [1.807, 2.05) is 37.3 Å². The molecule has 1 aliphatic rings. The minimum Gasteiger partial charge on any atom is -0.335 e. The van der Waals surface area contributed by atoms with Gasteiger partial charge in [-0.25, -0.2) is 4.79 Å². The third-order valence-electron chi connectivity index (χ3n) is 4.42. The average Bonchev–Trinajstić information content (AvgIpc) is 3.46. The van der Waals surface area contributed by atoms with Gasteiger partial charge in [-0.2, -0.15) is 0 Å². The number of rotatable bonds is 7. The number of hydrogen-bond acceptors (Lipinski definition) is 2. The Kier molecular flexibility index (Phi) is 5.89. The molecule has 1 saturated carbocycles. The molecule has 0 heterocycles. The van der Waals surface area contributed by atoms with Crippen LogP contribution >= 0.6 is 0 Å². The molecule has 0 aliphatic heterocycles. The van der Waals surface area contributed by atoms with Gasteiger partial charge in [0.15, 0.2) is 0 Å². The van der Waals surface area contributed by atoms with Crippen molar-refractivity contribution >= 4 is 23.3 Å². The lowest BCUT2D eigenvalue weighted by Crippen LogP contribution is -2.36. The van der Waals surface area contributed by atoms with Crippen molar-refractivity contribution in [1.29, 1.82) is 0 Å². The van der Waals surface area contributed by atoms with Crippen molar-refractivity contribution in [2.75, 3.05) is 10.6 Å². The van der Waals surface area contributed by atoms with Crippen molar-refractivity contribution in [2.24, 2.45) is 5.92 Å². The SMILES string of the molecule is CC(CCc1ccccc1)NC(=O)Nc1cccc(NC(=O)C2CC2)c1. The number of carbonyl (C=O) groups excluding carboxylic acids is 2. The summed E-state index contributed by atoms with van der Waals surface area (Å²) in [6.07, 6.45) is 3.72. The summed E-state index contributed by atoms with van der Waals surface area (Å²) in [5.41, 5.74) is 2.63. The van der Waals surface area contributed by atoms with E-state index in [9.17, 15) is 9.59 Å². The molecule has 0 spiro atoms. The van der Waals surface area contributed by atoms with E-state index in [0.717, 1.165) is 25.7 Å². The van der Waals surface area contributed by atoms with Crippen LogP contribution in [0.15, 0.2) is 54.6 Å². The summed E-state index contributed by atoms with van der Waals surface area (Å²) >= 11 is 0. The van der Waals surface area contributed by atoms with E-state index in [4.69, 9.17) is 0 Å². The van der Waals surface area contributed by atoms with Crippen molar-refractivity contribution in [3.8, 4) is 0 Å². The summed E-state index contributed by atoms with van der Waals surface area (Å²) in [5, 5.41) is 8.66. The van der Waals surface area contributed by atoms with Crippen LogP contribution in [0.25, 0.3) is 0 Å². The van der Waals surface area contributed by atoms with Crippen LogP contribution in [0.2, 0.25) is 0 Å². The van der Waals surface area contributed by atoms with Crippen LogP contribution < -0.4 is 16.0 Å². The molecule has 1 fully saturated rings. The van der Waals surface area contributed by atoms with Crippen molar-refractivity contribution < 1.29 is 9.59 Å². The van der Waals surface area contributed by atoms with Crippen LogP contribution in [0.4, 0.5) is 16.2 Å². The van der Waals surface area contributed by atoms with E-state index in [0.29, 0.717) is 11.4 Å². The lowest BCUT2D eigenvalue weighted by atomic mass is 10.1. The Hall–Kier alpha value is -2.82. The molecule has 2 aromatic carbocycles. The van der Waals surface area contributed by atoms with Gasteiger partial charge in [0.1, 0.15) is 0 Å². The number of benzene rings is 2. The van der Waals surface area contributed by atoms with Crippen molar-refractivity contribution in [3.63, 3.8) is 0 Å². The third kappa shape index (κ3) is 5.62. The van der Waals surface area contributed by atoms with Crippen molar-refractivity contribution in [1.82, 2.24) is 5.32 Å². The normalized spacial score (nSPS) is 14.3. The molecule has 26 heavy (non-hydrogen) atoms. The van der Waals surface area contributed by atoms with Gasteiger partial charge in [-0.05, 0) is 56.4 Å². The Morgan fingerprint density at radius 1 is 1.00 bits per heavy atom. The topological polar surface area (TPSA) is 70.2 Å². The molecule has 0 aromatic heterocycles. The van der Waals surface area contributed by atoms with E-state index in [1.165, 1.54) is 5.56 Å². The highest BCUT2D eigenvalue weighted by molar-refractivity contribution is 5.95. The van der Waals surface area contributed by atoms with Crippen LogP contribution in [0, 0.1) is 5.92 Å². The predicted octanol–water partition coefficient (Wildman–Crippen LogP) is 4.18. The van der Waals surface area contributed by atoms with Gasteiger partial charge in [-0.1, -0.05) is 36.4 Å². The molecule has 1 aliphatic carbocycles. The zero-order valence-corrected chi connectivity index (χ0v) is 15.0. The van der Waals surface area contributed by atoms with E-state index in [2.05, 4.69) is 28.1 Å². The fourth-order valence-corrected chi connectivity index (χ4v) is 2.76. The van der Waals surface area contributed by atoms with Crippen LogP contribution in [-0.4, -0.2) is 18.0 Å². The van der Waals surface area contributed by atoms with Gasteiger partial charge >= 0.3 is 6.03 Å². The second kappa shape index (κ2) is 8.52. The van der Waals surface area contributed by atoms with Crippen LogP contribution in [-0.2, 0) is 11.2 Å². The monoisotopic (exact) mass is 351 g/mol. The molecule has 5 heteroatoms. The molecule has 5 nitrogen and oxygen atoms in total. The second-order valence-electron chi connectivity index (χ2n) is 6.87. The van der Waals surface area contributed by atoms with E-state index < -0.39 is 0 Å². The van der Waals surface area contributed by atoms with Crippen LogP contribution in [0.1, 0.15) is 31.7 Å². The van der Waals surface area contributed by atoms with E-state index in [-0.39, 0.29) is 23.9 Å². The molecule has 0 saturated heterocycles. The van der Waals surface area contributed by atoms with Gasteiger partial charge in [0.2, 0.25) is 5.91 Å². The smallest absolute Gasteiger partial charge is 0.319 e. The maximum Gasteiger partial charge on any atom is 0.319 e. The molecule has 136 valence electrons. The fraction of sp³-hybridized carbons (Fsp3) is 0.333. The van der Waals surface area contributed by atoms with Crippen molar-refractivity contribution in [3.05, 3.63) is 60.2 Å². The number of anilines is 2. The van der Waals surface area contributed by atoms with Gasteiger partial charge < -0.3 is 16.0 Å². The summed E-state index contributed by atoms with van der Waals surface area (Å²) in [4.78, 5) is 24.0. The Bertz CT molecular complexity index is 757. The van der Waals surface area contributed by atoms with Gasteiger partial charge in [-0.3, -0.25) is 4.79 Å². The lowest BCUT2D eigenvalue weighted by Gasteiger charge is -2.15. The molecule has 2 aromatic rings. The molecule has 1 atom stereocenters. The fourth-order valence-electron chi connectivity index (χ4n) is 2.76. The summed E-state index contributed by atoms with van der Waals surface area (Å²) in [6, 6.07) is 17.3. The van der Waals surface area contributed by atoms with Gasteiger partial charge in [0, 0.05) is 23.3 Å². The third-order valence-corrected chi connectivity index (χ3v) is 4.42. The second-order valence-corrected chi connectivity index (χ2v) is 6.87. The summed E-state index contributed by atoms with van der Waals surface area (Å²) in [7, 11) is 0. The Morgan fingerprint density at radius 2 is 1.69 bits per heavy atom. The Labute approximate surface area is 154 Å². The Morgan fingerprint density at radius 3 is 2.38 bits per heavy atom.